The molecule has 0 unspecified atom stereocenters. The number of ketones is 1. The highest BCUT2D eigenvalue weighted by Gasteiger charge is 2.23. The standard InChI is InChI=1S/C21H25NO6S/c1-5-27-17-10-12-18(13-11-17)29(25,26)22-16-8-6-15(7-9-16)20(24)28-14-19(23)21(2,3)4/h6-13,22H,5,14H2,1-4H3. The molecule has 0 aliphatic carbocycles. The monoisotopic (exact) mass is 419 g/mol. The quantitative estimate of drug-likeness (QED) is 0.656. The van der Waals surface area contributed by atoms with Crippen LogP contribution in [0.25, 0.3) is 0 Å². The summed E-state index contributed by atoms with van der Waals surface area (Å²) in [6, 6.07) is 11.8. The number of carbonyl (C=O) groups excluding carboxylic acids is 2. The van der Waals surface area contributed by atoms with Crippen molar-refractivity contribution in [1.29, 1.82) is 0 Å². The Labute approximate surface area is 171 Å². The Morgan fingerprint density at radius 1 is 0.966 bits per heavy atom. The maximum absolute atomic E-state index is 12.5. The second-order valence-electron chi connectivity index (χ2n) is 7.34. The molecule has 1 N–H and O–H groups in total. The van der Waals surface area contributed by atoms with Gasteiger partial charge in [-0.2, -0.15) is 0 Å². The van der Waals surface area contributed by atoms with Gasteiger partial charge in [0.15, 0.2) is 12.4 Å². The highest BCUT2D eigenvalue weighted by Crippen LogP contribution is 2.20. The molecular formula is C21H25NO6S. The van der Waals surface area contributed by atoms with Crippen LogP contribution in [0.15, 0.2) is 53.4 Å². The molecule has 0 aliphatic heterocycles. The number of carbonyl (C=O) groups is 2. The van der Waals surface area contributed by atoms with Crippen molar-refractivity contribution < 1.29 is 27.5 Å². The van der Waals surface area contributed by atoms with E-state index in [0.29, 0.717) is 18.0 Å². The number of rotatable bonds is 8. The minimum Gasteiger partial charge on any atom is -0.494 e. The van der Waals surface area contributed by atoms with E-state index in [0.717, 1.165) is 0 Å². The number of ether oxygens (including phenoxy) is 2. The average Bonchev–Trinajstić information content (AvgIpc) is 2.66. The van der Waals surface area contributed by atoms with Gasteiger partial charge in [-0.25, -0.2) is 13.2 Å². The van der Waals surface area contributed by atoms with Crippen LogP contribution in [0.5, 0.6) is 5.75 Å². The van der Waals surface area contributed by atoms with E-state index in [2.05, 4.69) is 4.72 Å². The zero-order valence-electron chi connectivity index (χ0n) is 16.9. The molecule has 0 saturated carbocycles. The summed E-state index contributed by atoms with van der Waals surface area (Å²) in [6.45, 7) is 7.25. The molecule has 156 valence electrons. The van der Waals surface area contributed by atoms with Gasteiger partial charge in [0, 0.05) is 11.1 Å². The van der Waals surface area contributed by atoms with Crippen molar-refractivity contribution in [2.45, 2.75) is 32.6 Å². The third kappa shape index (κ3) is 6.32. The molecule has 2 rings (SSSR count). The summed E-state index contributed by atoms with van der Waals surface area (Å²) in [5.74, 6) is -0.256. The molecule has 0 aromatic heterocycles. The van der Waals surface area contributed by atoms with E-state index in [-0.39, 0.29) is 22.8 Å². The lowest BCUT2D eigenvalue weighted by Crippen LogP contribution is -2.26. The highest BCUT2D eigenvalue weighted by atomic mass is 32.2. The number of anilines is 1. The van der Waals surface area contributed by atoms with Crippen LogP contribution in [0.3, 0.4) is 0 Å². The number of nitrogens with one attached hydrogen (secondary N) is 1. The maximum Gasteiger partial charge on any atom is 0.338 e. The Morgan fingerprint density at radius 3 is 2.07 bits per heavy atom. The van der Waals surface area contributed by atoms with Gasteiger partial charge in [-0.1, -0.05) is 20.8 Å². The second kappa shape index (κ2) is 9.09. The Morgan fingerprint density at radius 2 is 1.55 bits per heavy atom. The van der Waals surface area contributed by atoms with Crippen LogP contribution in [-0.4, -0.2) is 33.4 Å². The average molecular weight is 419 g/mol. The topological polar surface area (TPSA) is 98.8 Å². The van der Waals surface area contributed by atoms with Gasteiger partial charge in [0.25, 0.3) is 10.0 Å². The van der Waals surface area contributed by atoms with Crippen molar-refractivity contribution >= 4 is 27.5 Å². The van der Waals surface area contributed by atoms with Crippen molar-refractivity contribution in [2.75, 3.05) is 17.9 Å². The van der Waals surface area contributed by atoms with Gasteiger partial charge in [-0.05, 0) is 55.5 Å². The van der Waals surface area contributed by atoms with Crippen LogP contribution in [0, 0.1) is 5.41 Å². The number of benzene rings is 2. The van der Waals surface area contributed by atoms with E-state index in [1.807, 2.05) is 6.92 Å². The van der Waals surface area contributed by atoms with Crippen LogP contribution < -0.4 is 9.46 Å². The summed E-state index contributed by atoms with van der Waals surface area (Å²) < 4.78 is 37.7. The minimum absolute atomic E-state index is 0.0881. The Kier molecular flexibility index (Phi) is 7.02. The molecule has 0 heterocycles. The van der Waals surface area contributed by atoms with Crippen LogP contribution in [0.2, 0.25) is 0 Å². The number of hydrogen-bond acceptors (Lipinski definition) is 6. The van der Waals surface area contributed by atoms with Gasteiger partial charge >= 0.3 is 5.97 Å². The van der Waals surface area contributed by atoms with Gasteiger partial charge in [0.1, 0.15) is 5.75 Å². The molecule has 8 heteroatoms. The number of esters is 1. The molecule has 0 aliphatic rings. The summed E-state index contributed by atoms with van der Waals surface area (Å²) in [7, 11) is -3.78. The fourth-order valence-electron chi connectivity index (χ4n) is 2.20. The fourth-order valence-corrected chi connectivity index (χ4v) is 3.26. The fraction of sp³-hybridized carbons (Fsp3) is 0.333. The second-order valence-corrected chi connectivity index (χ2v) is 9.02. The van der Waals surface area contributed by atoms with E-state index >= 15 is 0 Å². The first kappa shape index (κ1) is 22.4. The zero-order chi connectivity index (χ0) is 21.7. The normalized spacial score (nSPS) is 11.6. The number of hydrogen-bond donors (Lipinski definition) is 1. The van der Waals surface area contributed by atoms with Gasteiger partial charge in [0.05, 0.1) is 17.1 Å². The van der Waals surface area contributed by atoms with Gasteiger partial charge in [-0.15, -0.1) is 0 Å². The van der Waals surface area contributed by atoms with Crippen LogP contribution in [0.1, 0.15) is 38.1 Å². The maximum atomic E-state index is 12.5. The molecule has 0 radical (unpaired) electrons. The van der Waals surface area contributed by atoms with Gasteiger partial charge in [-0.3, -0.25) is 9.52 Å². The molecule has 29 heavy (non-hydrogen) atoms. The number of Topliss-reactive ketones (excluding diaryl/α,β-unsaturated/α-hetero) is 1. The number of sulfonamides is 1. The Bertz CT molecular complexity index is 958. The highest BCUT2D eigenvalue weighted by molar-refractivity contribution is 7.92. The van der Waals surface area contributed by atoms with Crippen molar-refractivity contribution in [3.8, 4) is 5.75 Å². The summed E-state index contributed by atoms with van der Waals surface area (Å²) in [5.41, 5.74) is -0.0829. The van der Waals surface area contributed by atoms with Crippen molar-refractivity contribution in [2.24, 2.45) is 5.41 Å². The molecule has 0 spiro atoms. The Balaban J connectivity index is 2.02. The van der Waals surface area contributed by atoms with E-state index in [1.165, 1.54) is 36.4 Å². The van der Waals surface area contributed by atoms with E-state index in [4.69, 9.17) is 9.47 Å². The molecular weight excluding hydrogens is 394 g/mol. The van der Waals surface area contributed by atoms with Crippen LogP contribution in [0.4, 0.5) is 5.69 Å². The largest absolute Gasteiger partial charge is 0.494 e. The molecule has 2 aromatic carbocycles. The predicted octanol–water partition coefficient (Wildman–Crippen LogP) is 3.66. The molecule has 0 fully saturated rings. The molecule has 0 atom stereocenters. The predicted molar refractivity (Wildman–Crippen MR) is 110 cm³/mol. The van der Waals surface area contributed by atoms with Crippen LogP contribution >= 0.6 is 0 Å². The van der Waals surface area contributed by atoms with Crippen LogP contribution in [-0.2, 0) is 19.6 Å². The van der Waals surface area contributed by atoms with E-state index in [9.17, 15) is 18.0 Å². The third-order valence-electron chi connectivity index (χ3n) is 3.99. The zero-order valence-corrected chi connectivity index (χ0v) is 17.7. The third-order valence-corrected chi connectivity index (χ3v) is 5.39. The van der Waals surface area contributed by atoms with Crippen molar-refractivity contribution in [3.63, 3.8) is 0 Å². The SMILES string of the molecule is CCOc1ccc(S(=O)(=O)Nc2ccc(C(=O)OCC(=O)C(C)(C)C)cc2)cc1. The summed E-state index contributed by atoms with van der Waals surface area (Å²) in [4.78, 5) is 24.0. The summed E-state index contributed by atoms with van der Waals surface area (Å²) in [5, 5.41) is 0. The van der Waals surface area contributed by atoms with E-state index < -0.39 is 21.4 Å². The first-order valence-corrected chi connectivity index (χ1v) is 10.6. The Hall–Kier alpha value is -2.87. The molecule has 0 saturated heterocycles. The summed E-state index contributed by atoms with van der Waals surface area (Å²) in [6.07, 6.45) is 0. The van der Waals surface area contributed by atoms with Crippen molar-refractivity contribution in [1.82, 2.24) is 0 Å². The van der Waals surface area contributed by atoms with Gasteiger partial charge < -0.3 is 9.47 Å². The molecule has 2 aromatic rings. The first-order valence-electron chi connectivity index (χ1n) is 9.09. The summed E-state index contributed by atoms with van der Waals surface area (Å²) >= 11 is 0. The van der Waals surface area contributed by atoms with Crippen molar-refractivity contribution in [3.05, 3.63) is 54.1 Å². The first-order chi connectivity index (χ1) is 13.5. The van der Waals surface area contributed by atoms with Gasteiger partial charge in [0.2, 0.25) is 0 Å². The lowest BCUT2D eigenvalue weighted by atomic mass is 9.91. The molecule has 0 bridgehead atoms. The lowest BCUT2D eigenvalue weighted by molar-refractivity contribution is -0.129. The molecule has 0 amide bonds. The smallest absolute Gasteiger partial charge is 0.338 e. The van der Waals surface area contributed by atoms with E-state index in [1.54, 1.807) is 32.9 Å². The lowest BCUT2D eigenvalue weighted by Gasteiger charge is -2.16. The molecule has 7 nitrogen and oxygen atoms in total. The minimum atomic E-state index is -3.78.